The van der Waals surface area contributed by atoms with E-state index in [1.54, 1.807) is 23.0 Å². The van der Waals surface area contributed by atoms with E-state index in [4.69, 9.17) is 0 Å². The van der Waals surface area contributed by atoms with Crippen molar-refractivity contribution in [2.24, 2.45) is 0 Å². The third kappa shape index (κ3) is 3.79. The van der Waals surface area contributed by atoms with Crippen LogP contribution in [0, 0.1) is 17.5 Å². The van der Waals surface area contributed by atoms with E-state index in [-0.39, 0.29) is 18.9 Å². The van der Waals surface area contributed by atoms with E-state index in [0.29, 0.717) is 30.6 Å². The molecule has 1 aromatic heterocycles. The van der Waals surface area contributed by atoms with E-state index in [2.05, 4.69) is 4.98 Å². The van der Waals surface area contributed by atoms with Gasteiger partial charge in [0.1, 0.15) is 22.1 Å². The van der Waals surface area contributed by atoms with Gasteiger partial charge in [-0.15, -0.1) is 0 Å². The standard InChI is InChI=1S/C24H22F3N3O3S/c25-15-5-7-16(8-6-15)30-14-28-19-13-29(12-11-20(19)30)24(31)22-18(26)9-10-21(23(22)27)34(32,33)17-3-1-2-4-17/h5-10,14,17H,1-4,11-13H2. The first-order valence-corrected chi connectivity index (χ1v) is 12.6. The lowest BCUT2D eigenvalue weighted by Crippen LogP contribution is -2.37. The molecule has 1 saturated carbocycles. The molecule has 0 saturated heterocycles. The van der Waals surface area contributed by atoms with E-state index in [0.717, 1.165) is 30.7 Å². The van der Waals surface area contributed by atoms with Crippen LogP contribution in [0.5, 0.6) is 0 Å². The summed E-state index contributed by atoms with van der Waals surface area (Å²) in [5.74, 6) is -3.72. The monoisotopic (exact) mass is 489 g/mol. The van der Waals surface area contributed by atoms with Gasteiger partial charge in [0.25, 0.3) is 5.91 Å². The van der Waals surface area contributed by atoms with E-state index >= 15 is 4.39 Å². The van der Waals surface area contributed by atoms with Crippen molar-refractivity contribution in [2.75, 3.05) is 6.54 Å². The first kappa shape index (κ1) is 22.6. The molecule has 1 aliphatic heterocycles. The minimum atomic E-state index is -4.01. The Kier molecular flexibility index (Phi) is 5.71. The molecule has 6 nitrogen and oxygen atoms in total. The lowest BCUT2D eigenvalue weighted by molar-refractivity contribution is 0.0720. The van der Waals surface area contributed by atoms with Gasteiger partial charge in [-0.1, -0.05) is 12.8 Å². The topological polar surface area (TPSA) is 72.3 Å². The average molecular weight is 490 g/mol. The molecule has 0 radical (unpaired) electrons. The summed E-state index contributed by atoms with van der Waals surface area (Å²) in [6.07, 6.45) is 4.24. The molecule has 10 heteroatoms. The molecule has 0 N–H and O–H groups in total. The molecular formula is C24H22F3N3O3S. The van der Waals surface area contributed by atoms with Crippen LogP contribution in [0.2, 0.25) is 0 Å². The van der Waals surface area contributed by atoms with Crippen molar-refractivity contribution in [1.29, 1.82) is 0 Å². The molecular weight excluding hydrogens is 467 g/mol. The fourth-order valence-corrected chi connectivity index (χ4v) is 6.71. The summed E-state index contributed by atoms with van der Waals surface area (Å²) in [7, 11) is -4.01. The highest BCUT2D eigenvalue weighted by atomic mass is 32.2. The van der Waals surface area contributed by atoms with Crippen LogP contribution >= 0.6 is 0 Å². The van der Waals surface area contributed by atoms with Crippen LogP contribution < -0.4 is 0 Å². The van der Waals surface area contributed by atoms with Crippen molar-refractivity contribution < 1.29 is 26.4 Å². The number of sulfone groups is 1. The van der Waals surface area contributed by atoms with Crippen LogP contribution in [0.1, 0.15) is 47.4 Å². The van der Waals surface area contributed by atoms with Crippen molar-refractivity contribution in [2.45, 2.75) is 48.8 Å². The molecule has 0 unspecified atom stereocenters. The second-order valence-corrected chi connectivity index (χ2v) is 10.8. The zero-order valence-electron chi connectivity index (χ0n) is 18.2. The molecule has 1 amide bonds. The first-order valence-electron chi connectivity index (χ1n) is 11.1. The van der Waals surface area contributed by atoms with Crippen LogP contribution in [0.3, 0.4) is 0 Å². The highest BCUT2D eigenvalue weighted by Crippen LogP contribution is 2.33. The molecule has 0 bridgehead atoms. The van der Waals surface area contributed by atoms with Gasteiger partial charge in [0.2, 0.25) is 0 Å². The van der Waals surface area contributed by atoms with Crippen LogP contribution in [0.25, 0.3) is 5.69 Å². The second kappa shape index (κ2) is 8.57. The number of aromatic nitrogens is 2. The highest BCUT2D eigenvalue weighted by molar-refractivity contribution is 7.92. The minimum Gasteiger partial charge on any atom is -0.332 e. The minimum absolute atomic E-state index is 0.0147. The number of hydrogen-bond acceptors (Lipinski definition) is 4. The molecule has 34 heavy (non-hydrogen) atoms. The summed E-state index contributed by atoms with van der Waals surface area (Å²) in [5, 5.41) is -0.719. The Bertz CT molecular complexity index is 1360. The normalized spacial score (nSPS) is 16.6. The Morgan fingerprint density at radius 2 is 1.71 bits per heavy atom. The average Bonchev–Trinajstić information content (AvgIpc) is 3.50. The Morgan fingerprint density at radius 3 is 2.41 bits per heavy atom. The second-order valence-electron chi connectivity index (χ2n) is 8.65. The summed E-state index contributed by atoms with van der Waals surface area (Å²) in [5.41, 5.74) is 1.21. The fraction of sp³-hybridized carbons (Fsp3) is 0.333. The smallest absolute Gasteiger partial charge is 0.260 e. The number of fused-ring (bicyclic) bond motifs is 1. The first-order chi connectivity index (χ1) is 16.3. The van der Waals surface area contributed by atoms with Crippen LogP contribution in [0.15, 0.2) is 47.6 Å². The Balaban J connectivity index is 1.44. The summed E-state index contributed by atoms with van der Waals surface area (Å²) >= 11 is 0. The summed E-state index contributed by atoms with van der Waals surface area (Å²) < 4.78 is 70.8. The number of benzene rings is 2. The van der Waals surface area contributed by atoms with Gasteiger partial charge in [0.15, 0.2) is 15.7 Å². The van der Waals surface area contributed by atoms with Gasteiger partial charge in [0, 0.05) is 24.3 Å². The van der Waals surface area contributed by atoms with Crippen LogP contribution in [-0.2, 0) is 22.8 Å². The van der Waals surface area contributed by atoms with E-state index in [1.165, 1.54) is 17.0 Å². The van der Waals surface area contributed by atoms with Crippen molar-refractivity contribution in [3.8, 4) is 5.69 Å². The molecule has 1 aliphatic carbocycles. The number of carbonyl (C=O) groups excluding carboxylic acids is 1. The van der Waals surface area contributed by atoms with Gasteiger partial charge in [-0.2, -0.15) is 0 Å². The predicted octanol–water partition coefficient (Wildman–Crippen LogP) is 4.20. The van der Waals surface area contributed by atoms with Gasteiger partial charge in [-0.05, 0) is 49.2 Å². The van der Waals surface area contributed by atoms with E-state index in [9.17, 15) is 22.0 Å². The fourth-order valence-electron chi connectivity index (χ4n) is 4.79. The maximum Gasteiger partial charge on any atom is 0.260 e. The lowest BCUT2D eigenvalue weighted by atomic mass is 10.1. The Labute approximate surface area is 195 Å². The third-order valence-corrected chi connectivity index (χ3v) is 8.90. The van der Waals surface area contributed by atoms with Crippen LogP contribution in [-0.4, -0.2) is 40.6 Å². The van der Waals surface area contributed by atoms with Gasteiger partial charge in [-0.25, -0.2) is 26.6 Å². The van der Waals surface area contributed by atoms with Crippen molar-refractivity contribution in [1.82, 2.24) is 14.5 Å². The van der Waals surface area contributed by atoms with Gasteiger partial charge >= 0.3 is 0 Å². The molecule has 1 fully saturated rings. The number of nitrogens with zero attached hydrogens (tertiary/aromatic N) is 3. The van der Waals surface area contributed by atoms with Crippen LogP contribution in [0.4, 0.5) is 13.2 Å². The maximum absolute atomic E-state index is 15.3. The SMILES string of the molecule is O=C(c1c(F)ccc(S(=O)(=O)C2CCCC2)c1F)N1CCc2c(ncn2-c2ccc(F)cc2)C1. The quantitative estimate of drug-likeness (QED) is 0.515. The van der Waals surface area contributed by atoms with Gasteiger partial charge in [-0.3, -0.25) is 4.79 Å². The number of carbonyl (C=O) groups is 1. The van der Waals surface area contributed by atoms with Gasteiger partial charge < -0.3 is 9.47 Å². The predicted molar refractivity (Wildman–Crippen MR) is 118 cm³/mol. The molecule has 5 rings (SSSR count). The molecule has 0 spiro atoms. The van der Waals surface area contributed by atoms with E-state index < -0.39 is 43.1 Å². The van der Waals surface area contributed by atoms with Gasteiger partial charge in [0.05, 0.1) is 23.8 Å². The Hall–Kier alpha value is -3.14. The third-order valence-electron chi connectivity index (χ3n) is 6.62. The van der Waals surface area contributed by atoms with Crippen molar-refractivity contribution in [3.63, 3.8) is 0 Å². The molecule has 0 atom stereocenters. The maximum atomic E-state index is 15.3. The summed E-state index contributed by atoms with van der Waals surface area (Å²) in [6.45, 7) is 0.179. The largest absolute Gasteiger partial charge is 0.332 e. The molecule has 2 aromatic carbocycles. The molecule has 2 heterocycles. The number of hydrogen-bond donors (Lipinski definition) is 0. The number of amides is 1. The lowest BCUT2D eigenvalue weighted by Gasteiger charge is -2.28. The molecule has 178 valence electrons. The number of imidazole rings is 1. The number of halogens is 3. The summed E-state index contributed by atoms with van der Waals surface area (Å²) in [4.78, 5) is 18.1. The van der Waals surface area contributed by atoms with E-state index in [1.807, 2.05) is 0 Å². The zero-order valence-corrected chi connectivity index (χ0v) is 19.0. The summed E-state index contributed by atoms with van der Waals surface area (Å²) in [6, 6.07) is 7.63. The zero-order chi connectivity index (χ0) is 24.0. The molecule has 2 aliphatic rings. The Morgan fingerprint density at radius 1 is 1.00 bits per heavy atom. The molecule has 3 aromatic rings. The van der Waals surface area contributed by atoms with Crippen molar-refractivity contribution >= 4 is 15.7 Å². The van der Waals surface area contributed by atoms with Crippen molar-refractivity contribution in [3.05, 3.63) is 77.1 Å². The highest BCUT2D eigenvalue weighted by Gasteiger charge is 2.36. The number of rotatable bonds is 4.